The molecule has 4 N–H and O–H groups in total. The molecule has 1 saturated heterocycles. The average molecular weight is 565 g/mol. The zero-order chi connectivity index (χ0) is 29.1. The summed E-state index contributed by atoms with van der Waals surface area (Å²) in [7, 11) is 0. The van der Waals surface area contributed by atoms with Crippen LogP contribution in [0.5, 0.6) is 0 Å². The number of anilines is 1. The number of likely N-dealkylation sites (tertiary alicyclic amines) is 1. The van der Waals surface area contributed by atoms with Gasteiger partial charge in [0.2, 0.25) is 5.91 Å². The maximum atomic E-state index is 13.5. The third-order valence-electron chi connectivity index (χ3n) is 6.02. The van der Waals surface area contributed by atoms with E-state index in [2.05, 4.69) is 20.4 Å². The van der Waals surface area contributed by atoms with E-state index in [0.717, 1.165) is 4.90 Å². The maximum absolute atomic E-state index is 13.5. The van der Waals surface area contributed by atoms with Gasteiger partial charge in [-0.2, -0.15) is 18.3 Å². The molecule has 2 aromatic heterocycles. The van der Waals surface area contributed by atoms with Gasteiger partial charge in [0.05, 0.1) is 24.6 Å². The van der Waals surface area contributed by atoms with Crippen LogP contribution >= 0.6 is 0 Å². The maximum Gasteiger partial charge on any atom is 0.405 e. The number of carbonyl (C=O) groups excluding carboxylic acids is 2. The number of aromatic nitrogens is 3. The summed E-state index contributed by atoms with van der Waals surface area (Å²) in [5.41, 5.74) is 8.51. The molecule has 0 radical (unpaired) electrons. The summed E-state index contributed by atoms with van der Waals surface area (Å²) in [6.45, 7) is -0.611. The number of hydrogen-bond acceptors (Lipinski definition) is 6. The molecular formula is C25H25F5N8O2. The van der Waals surface area contributed by atoms with Gasteiger partial charge in [-0.1, -0.05) is 12.1 Å². The number of rotatable bonds is 7. The fourth-order valence-electron chi connectivity index (χ4n) is 4.00. The van der Waals surface area contributed by atoms with Gasteiger partial charge in [0.25, 0.3) is 5.92 Å². The first-order chi connectivity index (χ1) is 18.8. The van der Waals surface area contributed by atoms with Crippen molar-refractivity contribution in [2.75, 3.05) is 25.0 Å². The molecule has 3 amide bonds. The Bertz CT molecular complexity index is 1470. The second-order valence-electron chi connectivity index (χ2n) is 9.10. The third kappa shape index (κ3) is 6.90. The number of amides is 3. The van der Waals surface area contributed by atoms with E-state index in [0.29, 0.717) is 28.0 Å². The second kappa shape index (κ2) is 11.3. The first kappa shape index (κ1) is 28.4. The molecule has 0 bridgehead atoms. The number of carbonyl (C=O) groups is 2. The standard InChI is InChI=1S/C25H25F5N8O2/c1-15(22(39)37-6-5-24(26,27)14-37)32-10-18(9-31)17-8-21-33-12-20(38(21)35-11-17)16-3-2-4-19(7-16)36-23(40)34-13-25(28,29)30/h2-4,7-12,15H,5-6,13-14,31H2,1H3,(H2,34,36,40)/b18-9+,32-10?. The van der Waals surface area contributed by atoms with Crippen LogP contribution in [0.4, 0.5) is 32.4 Å². The molecule has 3 heterocycles. The summed E-state index contributed by atoms with van der Waals surface area (Å²) in [4.78, 5) is 33.9. The van der Waals surface area contributed by atoms with Gasteiger partial charge < -0.3 is 21.3 Å². The van der Waals surface area contributed by atoms with Crippen LogP contribution < -0.4 is 16.4 Å². The lowest BCUT2D eigenvalue weighted by Gasteiger charge is -2.18. The van der Waals surface area contributed by atoms with E-state index in [-0.39, 0.29) is 18.7 Å². The van der Waals surface area contributed by atoms with Gasteiger partial charge in [0.15, 0.2) is 5.65 Å². The van der Waals surface area contributed by atoms with Gasteiger partial charge in [-0.25, -0.2) is 23.1 Å². The number of urea groups is 1. The van der Waals surface area contributed by atoms with Crippen LogP contribution in [0.2, 0.25) is 0 Å². The lowest BCUT2D eigenvalue weighted by Crippen LogP contribution is -2.37. The molecule has 1 unspecified atom stereocenters. The number of aliphatic imine (C=N–C) groups is 1. The molecule has 1 fully saturated rings. The highest BCUT2D eigenvalue weighted by Crippen LogP contribution is 2.28. The lowest BCUT2D eigenvalue weighted by molar-refractivity contribution is -0.132. The summed E-state index contributed by atoms with van der Waals surface area (Å²) in [5, 5.41) is 8.47. The average Bonchev–Trinajstić information content (AvgIpc) is 3.49. The second-order valence-corrected chi connectivity index (χ2v) is 9.10. The van der Waals surface area contributed by atoms with Crippen LogP contribution in [0.3, 0.4) is 0 Å². The minimum absolute atomic E-state index is 0.0295. The van der Waals surface area contributed by atoms with E-state index in [1.165, 1.54) is 42.3 Å². The number of imidazole rings is 1. The van der Waals surface area contributed by atoms with Crippen molar-refractivity contribution < 1.29 is 31.5 Å². The molecule has 1 atom stereocenters. The topological polar surface area (TPSA) is 130 Å². The molecule has 1 aliphatic rings. The van der Waals surface area contributed by atoms with Crippen molar-refractivity contribution >= 4 is 35.1 Å². The van der Waals surface area contributed by atoms with Crippen molar-refractivity contribution in [3.63, 3.8) is 0 Å². The summed E-state index contributed by atoms with van der Waals surface area (Å²) in [6.07, 6.45) is 0.743. The smallest absolute Gasteiger partial charge is 0.404 e. The molecule has 212 valence electrons. The molecule has 0 saturated carbocycles. The van der Waals surface area contributed by atoms with Crippen molar-refractivity contribution in [3.05, 3.63) is 54.5 Å². The van der Waals surface area contributed by atoms with Crippen molar-refractivity contribution in [1.29, 1.82) is 0 Å². The largest absolute Gasteiger partial charge is 0.405 e. The molecule has 40 heavy (non-hydrogen) atoms. The number of benzene rings is 1. The predicted molar refractivity (Wildman–Crippen MR) is 138 cm³/mol. The van der Waals surface area contributed by atoms with Gasteiger partial charge in [0, 0.05) is 47.8 Å². The van der Waals surface area contributed by atoms with Crippen LogP contribution in [-0.4, -0.2) is 75.4 Å². The van der Waals surface area contributed by atoms with Crippen molar-refractivity contribution in [2.24, 2.45) is 10.7 Å². The molecule has 1 aliphatic heterocycles. The van der Waals surface area contributed by atoms with Crippen molar-refractivity contribution in [2.45, 2.75) is 31.5 Å². The molecule has 1 aromatic carbocycles. The normalized spacial score (nSPS) is 16.4. The summed E-state index contributed by atoms with van der Waals surface area (Å²) in [6, 6.07) is 6.16. The van der Waals surface area contributed by atoms with E-state index in [9.17, 15) is 31.5 Å². The Morgan fingerprint density at radius 1 is 1.25 bits per heavy atom. The Morgan fingerprint density at radius 2 is 2.02 bits per heavy atom. The van der Waals surface area contributed by atoms with Crippen LogP contribution in [-0.2, 0) is 4.79 Å². The Kier molecular flexibility index (Phi) is 8.02. The van der Waals surface area contributed by atoms with E-state index in [1.54, 1.807) is 29.6 Å². The van der Waals surface area contributed by atoms with E-state index in [1.807, 2.05) is 0 Å². The number of hydrogen-bond donors (Lipinski definition) is 3. The number of nitrogens with one attached hydrogen (secondary N) is 2. The predicted octanol–water partition coefficient (Wildman–Crippen LogP) is 3.71. The Morgan fingerprint density at radius 3 is 2.70 bits per heavy atom. The van der Waals surface area contributed by atoms with Crippen LogP contribution in [0.1, 0.15) is 18.9 Å². The summed E-state index contributed by atoms with van der Waals surface area (Å²) in [5.74, 6) is -3.40. The Balaban J connectivity index is 1.47. The molecule has 0 aliphatic carbocycles. The van der Waals surface area contributed by atoms with Crippen LogP contribution in [0.25, 0.3) is 22.5 Å². The number of halogens is 5. The highest BCUT2D eigenvalue weighted by molar-refractivity contribution is 6.10. The monoisotopic (exact) mass is 564 g/mol. The first-order valence-corrected chi connectivity index (χ1v) is 12.0. The van der Waals surface area contributed by atoms with Gasteiger partial charge in [-0.3, -0.25) is 9.79 Å². The Labute approximate surface area is 224 Å². The van der Waals surface area contributed by atoms with Crippen LogP contribution in [0.15, 0.2) is 53.9 Å². The minimum atomic E-state index is -4.53. The van der Waals surface area contributed by atoms with Crippen molar-refractivity contribution in [3.8, 4) is 11.3 Å². The van der Waals surface area contributed by atoms with E-state index >= 15 is 0 Å². The van der Waals surface area contributed by atoms with Gasteiger partial charge in [-0.05, 0) is 25.1 Å². The van der Waals surface area contributed by atoms with Crippen molar-refractivity contribution in [1.82, 2.24) is 24.8 Å². The number of nitrogens with two attached hydrogens (primary N) is 1. The van der Waals surface area contributed by atoms with E-state index < -0.39 is 43.2 Å². The van der Waals surface area contributed by atoms with E-state index in [4.69, 9.17) is 5.73 Å². The fraction of sp³-hybridized carbons (Fsp3) is 0.320. The summed E-state index contributed by atoms with van der Waals surface area (Å²) >= 11 is 0. The molecule has 15 heteroatoms. The van der Waals surface area contributed by atoms with Gasteiger partial charge >= 0.3 is 12.2 Å². The quantitative estimate of drug-likeness (QED) is 0.298. The lowest BCUT2D eigenvalue weighted by atomic mass is 10.1. The molecule has 0 spiro atoms. The highest BCUT2D eigenvalue weighted by Gasteiger charge is 2.41. The number of fused-ring (bicyclic) bond motifs is 1. The Hall–Kier alpha value is -4.56. The fourth-order valence-corrected chi connectivity index (χ4v) is 4.00. The third-order valence-corrected chi connectivity index (χ3v) is 6.02. The highest BCUT2D eigenvalue weighted by atomic mass is 19.4. The molecule has 4 rings (SSSR count). The molecular weight excluding hydrogens is 539 g/mol. The molecule has 3 aromatic rings. The zero-order valence-electron chi connectivity index (χ0n) is 21.1. The summed E-state index contributed by atoms with van der Waals surface area (Å²) < 4.78 is 65.4. The zero-order valence-corrected chi connectivity index (χ0v) is 21.1. The minimum Gasteiger partial charge on any atom is -0.404 e. The van der Waals surface area contributed by atoms with Gasteiger partial charge in [-0.15, -0.1) is 0 Å². The number of allylic oxidation sites excluding steroid dienone is 1. The molecule has 10 nitrogen and oxygen atoms in total. The number of alkyl halides is 5. The van der Waals surface area contributed by atoms with Gasteiger partial charge in [0.1, 0.15) is 12.6 Å². The SMILES string of the molecule is CC(N=C/C(=C\N)c1cnn2c(-c3cccc(NC(=O)NCC(F)(F)F)c3)cnc2c1)C(=O)N1CCC(F)(F)C1. The van der Waals surface area contributed by atoms with Crippen LogP contribution in [0, 0.1) is 0 Å². The first-order valence-electron chi connectivity index (χ1n) is 12.0. The number of nitrogens with zero attached hydrogens (tertiary/aromatic N) is 5.